The van der Waals surface area contributed by atoms with Crippen LogP contribution in [0.1, 0.15) is 12.8 Å². The van der Waals surface area contributed by atoms with Gasteiger partial charge in [-0.05, 0) is 30.9 Å². The van der Waals surface area contributed by atoms with Crippen molar-refractivity contribution in [3.8, 4) is 0 Å². The third kappa shape index (κ3) is 4.10. The molecule has 0 aliphatic carbocycles. The van der Waals surface area contributed by atoms with E-state index in [4.69, 9.17) is 4.42 Å². The van der Waals surface area contributed by atoms with Crippen LogP contribution in [0.3, 0.4) is 0 Å². The second-order valence-electron chi connectivity index (χ2n) is 6.33. The third-order valence-electron chi connectivity index (χ3n) is 4.51. The number of hydrogen-bond donors (Lipinski definition) is 1. The summed E-state index contributed by atoms with van der Waals surface area (Å²) >= 11 is 0. The molecular weight excluding hydrogens is 346 g/mol. The topological polar surface area (TPSA) is 102 Å². The number of benzene rings is 1. The molecule has 25 heavy (non-hydrogen) atoms. The monoisotopic (exact) mass is 367 g/mol. The predicted molar refractivity (Wildman–Crippen MR) is 92.6 cm³/mol. The van der Waals surface area contributed by atoms with Gasteiger partial charge < -0.3 is 9.73 Å². The van der Waals surface area contributed by atoms with E-state index in [-0.39, 0.29) is 18.4 Å². The van der Waals surface area contributed by atoms with Crippen LogP contribution in [0.15, 0.2) is 33.5 Å². The molecule has 136 valence electrons. The van der Waals surface area contributed by atoms with Gasteiger partial charge in [-0.1, -0.05) is 12.1 Å². The first-order valence-electron chi connectivity index (χ1n) is 8.15. The highest BCUT2D eigenvalue weighted by Crippen LogP contribution is 2.18. The van der Waals surface area contributed by atoms with Gasteiger partial charge in [0.2, 0.25) is 15.9 Å². The van der Waals surface area contributed by atoms with Crippen LogP contribution in [0.25, 0.3) is 11.1 Å². The van der Waals surface area contributed by atoms with Gasteiger partial charge in [0.1, 0.15) is 6.54 Å². The molecule has 1 fully saturated rings. The molecule has 0 radical (unpaired) electrons. The molecule has 2 heterocycles. The van der Waals surface area contributed by atoms with Gasteiger partial charge in [-0.3, -0.25) is 9.36 Å². The third-order valence-corrected chi connectivity index (χ3v) is 5.81. The maximum absolute atomic E-state index is 12.2. The van der Waals surface area contributed by atoms with E-state index >= 15 is 0 Å². The molecule has 1 aliphatic heterocycles. The summed E-state index contributed by atoms with van der Waals surface area (Å²) in [6.45, 7) is 1.33. The number of hydrogen-bond acceptors (Lipinski definition) is 5. The van der Waals surface area contributed by atoms with Gasteiger partial charge in [0, 0.05) is 19.6 Å². The van der Waals surface area contributed by atoms with E-state index in [2.05, 4.69) is 5.32 Å². The molecule has 1 saturated heterocycles. The summed E-state index contributed by atoms with van der Waals surface area (Å²) < 4.78 is 30.8. The van der Waals surface area contributed by atoms with Crippen LogP contribution in [0, 0.1) is 5.92 Å². The molecule has 9 heteroatoms. The number of rotatable bonds is 5. The number of carbonyl (C=O) groups is 1. The van der Waals surface area contributed by atoms with Crippen molar-refractivity contribution in [1.29, 1.82) is 0 Å². The number of para-hydroxylation sites is 2. The Hall–Kier alpha value is -2.13. The highest BCUT2D eigenvalue weighted by molar-refractivity contribution is 7.88. The predicted octanol–water partition coefficient (Wildman–Crippen LogP) is 0.382. The normalized spacial score (nSPS) is 17.0. The lowest BCUT2D eigenvalue weighted by Crippen LogP contribution is -2.41. The summed E-state index contributed by atoms with van der Waals surface area (Å²) in [4.78, 5) is 24.0. The molecule has 8 nitrogen and oxygen atoms in total. The maximum atomic E-state index is 12.2. The zero-order valence-electron chi connectivity index (χ0n) is 14.0. The first-order valence-corrected chi connectivity index (χ1v) is 9.99. The number of nitrogens with one attached hydrogen (secondary N) is 1. The lowest BCUT2D eigenvalue weighted by Gasteiger charge is -2.30. The molecular formula is C16H21N3O5S. The molecule has 1 amide bonds. The van der Waals surface area contributed by atoms with Crippen molar-refractivity contribution in [1.82, 2.24) is 14.2 Å². The van der Waals surface area contributed by atoms with Crippen molar-refractivity contribution in [2.45, 2.75) is 19.4 Å². The van der Waals surface area contributed by atoms with E-state index in [1.807, 2.05) is 0 Å². The highest BCUT2D eigenvalue weighted by Gasteiger charge is 2.25. The first-order chi connectivity index (χ1) is 11.8. The maximum Gasteiger partial charge on any atom is 0.420 e. The minimum atomic E-state index is -3.14. The Kier molecular flexibility index (Phi) is 4.96. The van der Waals surface area contributed by atoms with Crippen molar-refractivity contribution in [2.75, 3.05) is 25.9 Å². The highest BCUT2D eigenvalue weighted by atomic mass is 32.2. The SMILES string of the molecule is CS(=O)(=O)N1CCC(CNC(=O)Cn2c(=O)oc3ccccc32)CC1. The van der Waals surface area contributed by atoms with Crippen LogP contribution in [0.2, 0.25) is 0 Å². The second-order valence-corrected chi connectivity index (χ2v) is 8.31. The van der Waals surface area contributed by atoms with Crippen LogP contribution < -0.4 is 11.1 Å². The Morgan fingerprint density at radius 2 is 1.96 bits per heavy atom. The Bertz CT molecular complexity index is 923. The molecule has 0 spiro atoms. The number of sulfonamides is 1. The van der Waals surface area contributed by atoms with Crippen molar-refractivity contribution in [3.63, 3.8) is 0 Å². The van der Waals surface area contributed by atoms with E-state index in [9.17, 15) is 18.0 Å². The van der Waals surface area contributed by atoms with Crippen LogP contribution >= 0.6 is 0 Å². The van der Waals surface area contributed by atoms with Crippen LogP contribution in [-0.2, 0) is 21.4 Å². The summed E-state index contributed by atoms with van der Waals surface area (Å²) in [5.74, 6) is -0.586. The number of amides is 1. The standard InChI is InChI=1S/C16H21N3O5S/c1-25(22,23)18-8-6-12(7-9-18)10-17-15(20)11-19-13-4-2-3-5-14(13)24-16(19)21/h2-5,12H,6-11H2,1H3,(H,17,20). The van der Waals surface area contributed by atoms with E-state index in [1.165, 1.54) is 15.1 Å². The largest absolute Gasteiger partial charge is 0.420 e. The van der Waals surface area contributed by atoms with E-state index in [0.717, 1.165) is 0 Å². The summed E-state index contributed by atoms with van der Waals surface area (Å²) in [7, 11) is -3.14. The number of carbonyl (C=O) groups excluding carboxylic acids is 1. The molecule has 0 atom stereocenters. The average molecular weight is 367 g/mol. The van der Waals surface area contributed by atoms with Crippen molar-refractivity contribution in [3.05, 3.63) is 34.8 Å². The van der Waals surface area contributed by atoms with Gasteiger partial charge in [0.05, 0.1) is 11.8 Å². The average Bonchev–Trinajstić information content (AvgIpc) is 2.88. The van der Waals surface area contributed by atoms with Gasteiger partial charge in [-0.2, -0.15) is 0 Å². The Morgan fingerprint density at radius 3 is 2.64 bits per heavy atom. The molecule has 3 rings (SSSR count). The number of fused-ring (bicyclic) bond motifs is 1. The zero-order valence-corrected chi connectivity index (χ0v) is 14.8. The van der Waals surface area contributed by atoms with Gasteiger partial charge in [-0.25, -0.2) is 17.5 Å². The number of piperidine rings is 1. The molecule has 1 N–H and O–H groups in total. The summed E-state index contributed by atoms with van der Waals surface area (Å²) in [5, 5.41) is 2.83. The minimum Gasteiger partial charge on any atom is -0.408 e. The molecule has 1 aliphatic rings. The van der Waals surface area contributed by atoms with Crippen LogP contribution in [0.4, 0.5) is 0 Å². The number of nitrogens with zero attached hydrogens (tertiary/aromatic N) is 2. The second kappa shape index (κ2) is 7.01. The Morgan fingerprint density at radius 1 is 1.28 bits per heavy atom. The van der Waals surface area contributed by atoms with E-state index in [1.54, 1.807) is 24.3 Å². The summed E-state index contributed by atoms with van der Waals surface area (Å²) in [6.07, 6.45) is 2.63. The molecule has 0 unspecified atom stereocenters. The summed E-state index contributed by atoms with van der Waals surface area (Å²) in [6, 6.07) is 6.95. The number of oxazole rings is 1. The van der Waals surface area contributed by atoms with Crippen LogP contribution in [-0.4, -0.2) is 49.1 Å². The Balaban J connectivity index is 1.54. The van der Waals surface area contributed by atoms with Gasteiger partial charge in [-0.15, -0.1) is 0 Å². The fourth-order valence-electron chi connectivity index (χ4n) is 3.07. The molecule has 0 saturated carbocycles. The smallest absolute Gasteiger partial charge is 0.408 e. The molecule has 0 bridgehead atoms. The quantitative estimate of drug-likeness (QED) is 0.823. The molecule has 1 aromatic carbocycles. The lowest BCUT2D eigenvalue weighted by molar-refractivity contribution is -0.121. The summed E-state index contributed by atoms with van der Waals surface area (Å²) in [5.41, 5.74) is 1.04. The van der Waals surface area contributed by atoms with Crippen molar-refractivity contribution in [2.24, 2.45) is 5.92 Å². The first kappa shape index (κ1) is 17.7. The van der Waals surface area contributed by atoms with Crippen molar-refractivity contribution < 1.29 is 17.6 Å². The fourth-order valence-corrected chi connectivity index (χ4v) is 3.94. The molecule has 1 aromatic heterocycles. The minimum absolute atomic E-state index is 0.0992. The van der Waals surface area contributed by atoms with E-state index < -0.39 is 15.8 Å². The van der Waals surface area contributed by atoms with Gasteiger partial charge >= 0.3 is 5.76 Å². The lowest BCUT2D eigenvalue weighted by atomic mass is 9.98. The van der Waals surface area contributed by atoms with Gasteiger partial charge in [0.15, 0.2) is 5.58 Å². The van der Waals surface area contributed by atoms with Crippen LogP contribution in [0.5, 0.6) is 0 Å². The zero-order chi connectivity index (χ0) is 18.0. The fraction of sp³-hybridized carbons (Fsp3) is 0.500. The van der Waals surface area contributed by atoms with Crippen molar-refractivity contribution >= 4 is 27.0 Å². The molecule has 2 aromatic rings. The Labute approximate surface area is 145 Å². The van der Waals surface area contributed by atoms with E-state index in [0.29, 0.717) is 43.6 Å². The number of aromatic nitrogens is 1. The van der Waals surface area contributed by atoms with Gasteiger partial charge in [0.25, 0.3) is 0 Å².